The Kier molecular flexibility index (Phi) is 8.99. The van der Waals surface area contributed by atoms with Crippen LogP contribution in [0, 0.1) is 6.92 Å². The van der Waals surface area contributed by atoms with Crippen LogP contribution in [0.1, 0.15) is 63.1 Å². The Morgan fingerprint density at radius 2 is 1.38 bits per heavy atom. The molecule has 2 aromatic carbocycles. The Bertz CT molecular complexity index is 802. The summed E-state index contributed by atoms with van der Waals surface area (Å²) in [5.41, 5.74) is 8.74. The van der Waals surface area contributed by atoms with Gasteiger partial charge in [-0.1, -0.05) is 81.8 Å². The molecule has 0 aromatic heterocycles. The molecule has 0 N–H and O–H groups in total. The van der Waals surface area contributed by atoms with Crippen molar-refractivity contribution in [1.82, 2.24) is 0 Å². The van der Waals surface area contributed by atoms with Gasteiger partial charge in [-0.25, -0.2) is 0 Å². The van der Waals surface area contributed by atoms with E-state index in [9.17, 15) is 0 Å². The third-order valence-electron chi connectivity index (χ3n) is 5.31. The van der Waals surface area contributed by atoms with Crippen molar-refractivity contribution in [2.75, 3.05) is 11.4 Å². The quantitative estimate of drug-likeness (QED) is 0.352. The smallest absolute Gasteiger partial charge is 0.0429 e. The minimum absolute atomic E-state index is 0.928. The fraction of sp³-hybridized carbons (Fsp3) is 0.357. The van der Waals surface area contributed by atoms with Gasteiger partial charge in [0.2, 0.25) is 0 Å². The Balaban J connectivity index is 2.21. The van der Waals surface area contributed by atoms with Crippen LogP contribution in [0.5, 0.6) is 0 Å². The van der Waals surface area contributed by atoms with E-state index in [-0.39, 0.29) is 0 Å². The Labute approximate surface area is 178 Å². The molecule has 0 aliphatic heterocycles. The number of rotatable bonds is 11. The van der Waals surface area contributed by atoms with E-state index >= 15 is 0 Å². The summed E-state index contributed by atoms with van der Waals surface area (Å²) in [6.45, 7) is 19.3. The van der Waals surface area contributed by atoms with Gasteiger partial charge < -0.3 is 4.90 Å². The first-order valence-electron chi connectivity index (χ1n) is 11.0. The second kappa shape index (κ2) is 11.5. The van der Waals surface area contributed by atoms with Gasteiger partial charge in [0.25, 0.3) is 0 Å². The van der Waals surface area contributed by atoms with Crippen LogP contribution in [0.3, 0.4) is 0 Å². The van der Waals surface area contributed by atoms with Gasteiger partial charge in [0.15, 0.2) is 0 Å². The van der Waals surface area contributed by atoms with E-state index in [1.54, 1.807) is 0 Å². The molecule has 154 valence electrons. The molecular weight excluding hydrogens is 350 g/mol. The standard InChI is InChI=1S/C28H37N/c1-7-10-23(5)28(24(6)11-8-2)20-25-16-18-27(19-17-25)29(9-3)21-26-14-12-22(4)13-15-26/h12-20H,5-11,21H2,1-4H3. The van der Waals surface area contributed by atoms with Gasteiger partial charge in [0.1, 0.15) is 0 Å². The van der Waals surface area contributed by atoms with Crippen LogP contribution >= 0.6 is 0 Å². The van der Waals surface area contributed by atoms with Crippen molar-refractivity contribution < 1.29 is 0 Å². The second-order valence-electron chi connectivity index (χ2n) is 7.86. The van der Waals surface area contributed by atoms with Crippen LogP contribution in [0.15, 0.2) is 78.4 Å². The minimum atomic E-state index is 0.928. The molecule has 0 spiro atoms. The maximum absolute atomic E-state index is 4.32. The van der Waals surface area contributed by atoms with E-state index in [4.69, 9.17) is 0 Å². The first-order valence-corrected chi connectivity index (χ1v) is 11.0. The maximum atomic E-state index is 4.32. The Morgan fingerprint density at radius 3 is 1.86 bits per heavy atom. The highest BCUT2D eigenvalue weighted by Gasteiger charge is 2.08. The van der Waals surface area contributed by atoms with Crippen LogP contribution in [-0.4, -0.2) is 6.54 Å². The summed E-state index contributed by atoms with van der Waals surface area (Å²) in [6, 6.07) is 17.7. The maximum Gasteiger partial charge on any atom is 0.0429 e. The zero-order chi connectivity index (χ0) is 21.2. The number of nitrogens with zero attached hydrogens (tertiary/aromatic N) is 1. The summed E-state index contributed by atoms with van der Waals surface area (Å²) in [5, 5.41) is 0. The summed E-state index contributed by atoms with van der Waals surface area (Å²) in [4.78, 5) is 2.41. The summed E-state index contributed by atoms with van der Waals surface area (Å²) in [7, 11) is 0. The number of aryl methyl sites for hydroxylation is 1. The molecule has 2 aromatic rings. The van der Waals surface area contributed by atoms with Crippen LogP contribution in [0.25, 0.3) is 6.08 Å². The van der Waals surface area contributed by atoms with Crippen LogP contribution in [-0.2, 0) is 6.54 Å². The zero-order valence-electron chi connectivity index (χ0n) is 18.8. The van der Waals surface area contributed by atoms with E-state index in [0.29, 0.717) is 0 Å². The molecule has 0 bridgehead atoms. The van der Waals surface area contributed by atoms with Crippen molar-refractivity contribution in [3.8, 4) is 0 Å². The molecule has 0 heterocycles. The van der Waals surface area contributed by atoms with Crippen molar-refractivity contribution in [3.63, 3.8) is 0 Å². The predicted octanol–water partition coefficient (Wildman–Crippen LogP) is 8.12. The summed E-state index contributed by atoms with van der Waals surface area (Å²) in [5.74, 6) is 0. The molecule has 0 unspecified atom stereocenters. The van der Waals surface area contributed by atoms with Gasteiger partial charge in [-0.2, -0.15) is 0 Å². The molecule has 29 heavy (non-hydrogen) atoms. The second-order valence-corrected chi connectivity index (χ2v) is 7.86. The van der Waals surface area contributed by atoms with Gasteiger partial charge in [-0.15, -0.1) is 0 Å². The molecule has 0 radical (unpaired) electrons. The molecule has 1 heteroatoms. The zero-order valence-corrected chi connectivity index (χ0v) is 18.8. The van der Waals surface area contributed by atoms with E-state index < -0.39 is 0 Å². The fourth-order valence-corrected chi connectivity index (χ4v) is 3.57. The predicted molar refractivity (Wildman–Crippen MR) is 130 cm³/mol. The molecule has 0 saturated heterocycles. The molecule has 0 fully saturated rings. The van der Waals surface area contributed by atoms with Gasteiger partial charge >= 0.3 is 0 Å². The van der Waals surface area contributed by atoms with E-state index in [0.717, 1.165) is 38.8 Å². The number of benzene rings is 2. The number of allylic oxidation sites excluding steroid dienone is 3. The topological polar surface area (TPSA) is 3.24 Å². The summed E-state index contributed by atoms with van der Waals surface area (Å²) in [6.07, 6.45) is 6.52. The summed E-state index contributed by atoms with van der Waals surface area (Å²) < 4.78 is 0. The monoisotopic (exact) mass is 387 g/mol. The molecule has 2 rings (SSSR count). The van der Waals surface area contributed by atoms with Crippen molar-refractivity contribution in [1.29, 1.82) is 0 Å². The van der Waals surface area contributed by atoms with Crippen molar-refractivity contribution in [2.45, 2.75) is 59.9 Å². The van der Waals surface area contributed by atoms with Crippen LogP contribution in [0.4, 0.5) is 5.69 Å². The first-order chi connectivity index (χ1) is 14.0. The molecule has 0 atom stereocenters. The van der Waals surface area contributed by atoms with Crippen molar-refractivity contribution in [2.24, 2.45) is 0 Å². The number of hydrogen-bond acceptors (Lipinski definition) is 1. The van der Waals surface area contributed by atoms with Gasteiger partial charge in [0.05, 0.1) is 0 Å². The molecule has 0 aliphatic rings. The van der Waals surface area contributed by atoms with E-state index in [1.165, 1.54) is 39.1 Å². The van der Waals surface area contributed by atoms with Crippen molar-refractivity contribution in [3.05, 3.63) is 95.1 Å². The lowest BCUT2D eigenvalue weighted by molar-refractivity contribution is 0.831. The summed E-state index contributed by atoms with van der Waals surface area (Å²) >= 11 is 0. The average Bonchev–Trinajstić information content (AvgIpc) is 2.72. The molecule has 0 amide bonds. The van der Waals surface area contributed by atoms with Gasteiger partial charge in [-0.3, -0.25) is 0 Å². The highest BCUT2D eigenvalue weighted by atomic mass is 15.1. The number of hydrogen-bond donors (Lipinski definition) is 0. The lowest BCUT2D eigenvalue weighted by Gasteiger charge is -2.23. The molecule has 1 nitrogen and oxygen atoms in total. The van der Waals surface area contributed by atoms with Crippen LogP contribution in [0.2, 0.25) is 0 Å². The van der Waals surface area contributed by atoms with Gasteiger partial charge in [0, 0.05) is 18.8 Å². The van der Waals surface area contributed by atoms with E-state index in [2.05, 4.69) is 100 Å². The van der Waals surface area contributed by atoms with E-state index in [1.807, 2.05) is 0 Å². The third-order valence-corrected chi connectivity index (χ3v) is 5.31. The molecule has 0 aliphatic carbocycles. The minimum Gasteiger partial charge on any atom is -0.367 e. The fourth-order valence-electron chi connectivity index (χ4n) is 3.57. The average molecular weight is 388 g/mol. The lowest BCUT2D eigenvalue weighted by atomic mass is 9.92. The Hall–Kier alpha value is -2.54. The Morgan fingerprint density at radius 1 is 0.828 bits per heavy atom. The third kappa shape index (κ3) is 6.78. The largest absolute Gasteiger partial charge is 0.367 e. The first kappa shape index (κ1) is 22.7. The van der Waals surface area contributed by atoms with Crippen molar-refractivity contribution >= 4 is 11.8 Å². The molecular formula is C28H37N. The molecule has 0 saturated carbocycles. The highest BCUT2D eigenvalue weighted by molar-refractivity contribution is 5.66. The van der Waals surface area contributed by atoms with Gasteiger partial charge in [-0.05, 0) is 72.7 Å². The normalized spacial score (nSPS) is 10.5. The lowest BCUT2D eigenvalue weighted by Crippen LogP contribution is -2.21. The SMILES string of the molecule is C=C(CCC)C(=Cc1ccc(N(CC)Cc2ccc(C)cc2)cc1)C(=C)CCC. The highest BCUT2D eigenvalue weighted by Crippen LogP contribution is 2.27. The number of anilines is 1. The van der Waals surface area contributed by atoms with Crippen LogP contribution < -0.4 is 4.90 Å².